The SMILES string of the molecule is COc1cc(C2NC(=S)NC(C)=C2C(=O)O)ccc1OC(=O)C=Cc1ccnc(Cl)c1. The van der Waals surface area contributed by atoms with E-state index in [4.69, 9.17) is 33.3 Å². The smallest absolute Gasteiger partial charge is 0.336 e. The van der Waals surface area contributed by atoms with Gasteiger partial charge in [0, 0.05) is 18.0 Å². The molecule has 0 amide bonds. The van der Waals surface area contributed by atoms with Crippen LogP contribution in [-0.4, -0.2) is 34.3 Å². The van der Waals surface area contributed by atoms with Crippen molar-refractivity contribution in [2.24, 2.45) is 0 Å². The third-order valence-electron chi connectivity index (χ3n) is 4.39. The maximum absolute atomic E-state index is 12.2. The Bertz CT molecular complexity index is 1120. The lowest BCUT2D eigenvalue weighted by Crippen LogP contribution is -2.44. The summed E-state index contributed by atoms with van der Waals surface area (Å²) in [6.07, 6.45) is 4.32. The molecule has 0 spiro atoms. The molecule has 3 N–H and O–H groups in total. The number of aliphatic carboxylic acids is 1. The summed E-state index contributed by atoms with van der Waals surface area (Å²) in [5.41, 5.74) is 1.84. The van der Waals surface area contributed by atoms with E-state index in [1.165, 1.54) is 25.4 Å². The number of methoxy groups -OCH3 is 1. The highest BCUT2D eigenvalue weighted by molar-refractivity contribution is 7.80. The van der Waals surface area contributed by atoms with Gasteiger partial charge in [-0.15, -0.1) is 0 Å². The number of carboxylic acids is 1. The van der Waals surface area contributed by atoms with Crippen molar-refractivity contribution in [3.63, 3.8) is 0 Å². The van der Waals surface area contributed by atoms with Crippen LogP contribution in [0.5, 0.6) is 11.5 Å². The molecule has 2 heterocycles. The zero-order valence-corrected chi connectivity index (χ0v) is 18.1. The van der Waals surface area contributed by atoms with Crippen molar-refractivity contribution in [2.75, 3.05) is 7.11 Å². The zero-order valence-electron chi connectivity index (χ0n) is 16.5. The number of halogens is 1. The van der Waals surface area contributed by atoms with Gasteiger partial charge in [0.25, 0.3) is 0 Å². The summed E-state index contributed by atoms with van der Waals surface area (Å²) < 4.78 is 10.7. The quantitative estimate of drug-likeness (QED) is 0.197. The molecule has 8 nitrogen and oxygen atoms in total. The summed E-state index contributed by atoms with van der Waals surface area (Å²) in [6, 6.07) is 7.37. The molecule has 0 fully saturated rings. The number of nitrogens with one attached hydrogen (secondary N) is 2. The highest BCUT2D eigenvalue weighted by Crippen LogP contribution is 2.34. The summed E-state index contributed by atoms with van der Waals surface area (Å²) in [7, 11) is 1.42. The van der Waals surface area contributed by atoms with Crippen molar-refractivity contribution in [2.45, 2.75) is 13.0 Å². The Kier molecular flexibility index (Phi) is 6.88. The molecule has 1 unspecified atom stereocenters. The van der Waals surface area contributed by atoms with Crippen LogP contribution in [0.3, 0.4) is 0 Å². The molecule has 1 aliphatic rings. The molecule has 1 aliphatic heterocycles. The lowest BCUT2D eigenvalue weighted by atomic mass is 9.95. The van der Waals surface area contributed by atoms with E-state index >= 15 is 0 Å². The Morgan fingerprint density at radius 2 is 2.03 bits per heavy atom. The van der Waals surface area contributed by atoms with Crippen LogP contribution in [0.15, 0.2) is 53.9 Å². The third-order valence-corrected chi connectivity index (χ3v) is 4.82. The number of allylic oxidation sites excluding steroid dienone is 1. The molecule has 31 heavy (non-hydrogen) atoms. The molecule has 0 saturated carbocycles. The van der Waals surface area contributed by atoms with Crippen molar-refractivity contribution in [1.82, 2.24) is 15.6 Å². The molecule has 1 aromatic heterocycles. The van der Waals surface area contributed by atoms with E-state index in [0.717, 1.165) is 0 Å². The molecular formula is C21H18ClN3O5S. The molecule has 0 aliphatic carbocycles. The Balaban J connectivity index is 1.83. The Hall–Kier alpha value is -3.43. The lowest BCUT2D eigenvalue weighted by molar-refractivity contribution is -0.133. The largest absolute Gasteiger partial charge is 0.493 e. The predicted octanol–water partition coefficient (Wildman–Crippen LogP) is 3.24. The summed E-state index contributed by atoms with van der Waals surface area (Å²) in [5, 5.41) is 16.0. The first kappa shape index (κ1) is 22.3. The van der Waals surface area contributed by atoms with Gasteiger partial charge >= 0.3 is 11.9 Å². The number of rotatable bonds is 6. The monoisotopic (exact) mass is 459 g/mol. The highest BCUT2D eigenvalue weighted by Gasteiger charge is 2.30. The van der Waals surface area contributed by atoms with E-state index < -0.39 is 18.0 Å². The number of aromatic nitrogens is 1. The second kappa shape index (κ2) is 9.59. The Morgan fingerprint density at radius 1 is 1.26 bits per heavy atom. The molecule has 0 saturated heterocycles. The summed E-state index contributed by atoms with van der Waals surface area (Å²) >= 11 is 11.0. The normalized spacial score (nSPS) is 16.0. The second-order valence-corrected chi connectivity index (χ2v) is 7.25. The standard InChI is InChI=1S/C21H18ClN3O5S/c1-11-18(20(27)28)19(25-21(31)24-11)13-4-5-14(15(10-13)29-2)30-17(26)6-3-12-7-8-23-16(22)9-12/h3-10,19H,1-2H3,(H,27,28)(H2,24,25,31). The number of carbonyl (C=O) groups excluding carboxylic acids is 1. The van der Waals surface area contributed by atoms with Crippen molar-refractivity contribution in [1.29, 1.82) is 0 Å². The topological polar surface area (TPSA) is 110 Å². The number of benzene rings is 1. The van der Waals surface area contributed by atoms with Crippen molar-refractivity contribution >= 4 is 46.9 Å². The Labute approximate surface area is 188 Å². The summed E-state index contributed by atoms with van der Waals surface area (Å²) in [5.74, 6) is -1.26. The van der Waals surface area contributed by atoms with Gasteiger partial charge in [-0.2, -0.15) is 0 Å². The van der Waals surface area contributed by atoms with E-state index in [9.17, 15) is 14.7 Å². The number of carbonyl (C=O) groups is 2. The number of pyridine rings is 1. The first-order chi connectivity index (χ1) is 14.8. The first-order valence-electron chi connectivity index (χ1n) is 8.99. The minimum Gasteiger partial charge on any atom is -0.493 e. The van der Waals surface area contributed by atoms with Crippen LogP contribution < -0.4 is 20.1 Å². The van der Waals surface area contributed by atoms with E-state index in [2.05, 4.69) is 15.6 Å². The van der Waals surface area contributed by atoms with E-state index in [1.807, 2.05) is 0 Å². The fourth-order valence-electron chi connectivity index (χ4n) is 3.00. The minimum absolute atomic E-state index is 0.124. The van der Waals surface area contributed by atoms with Crippen molar-refractivity contribution in [3.05, 3.63) is 70.2 Å². The van der Waals surface area contributed by atoms with Gasteiger partial charge in [-0.1, -0.05) is 17.7 Å². The average Bonchev–Trinajstić information content (AvgIpc) is 2.71. The predicted molar refractivity (Wildman–Crippen MR) is 119 cm³/mol. The molecule has 160 valence electrons. The van der Waals surface area contributed by atoms with E-state index in [-0.39, 0.29) is 17.1 Å². The molecule has 1 atom stereocenters. The first-order valence-corrected chi connectivity index (χ1v) is 9.78. The number of carboxylic acid groups (broad SMARTS) is 1. The number of esters is 1. The molecule has 10 heteroatoms. The molecule has 0 radical (unpaired) electrons. The van der Waals surface area contributed by atoms with Gasteiger partial charge in [-0.25, -0.2) is 14.6 Å². The van der Waals surface area contributed by atoms with Crippen LogP contribution in [-0.2, 0) is 9.59 Å². The fraction of sp³-hybridized carbons (Fsp3) is 0.143. The number of nitrogens with zero attached hydrogens (tertiary/aromatic N) is 1. The number of hydrogen-bond acceptors (Lipinski definition) is 6. The zero-order chi connectivity index (χ0) is 22.5. The highest BCUT2D eigenvalue weighted by atomic mass is 35.5. The molecular weight excluding hydrogens is 442 g/mol. The molecule has 0 bridgehead atoms. The van der Waals surface area contributed by atoms with Gasteiger partial charge in [0.15, 0.2) is 16.6 Å². The second-order valence-electron chi connectivity index (χ2n) is 6.45. The summed E-state index contributed by atoms with van der Waals surface area (Å²) in [4.78, 5) is 27.8. The third kappa shape index (κ3) is 5.39. The van der Waals surface area contributed by atoms with Crippen LogP contribution >= 0.6 is 23.8 Å². The van der Waals surface area contributed by atoms with Gasteiger partial charge in [0.05, 0.1) is 18.7 Å². The lowest BCUT2D eigenvalue weighted by Gasteiger charge is -2.29. The number of hydrogen-bond donors (Lipinski definition) is 3. The van der Waals surface area contributed by atoms with Crippen LogP contribution in [0.1, 0.15) is 24.1 Å². The minimum atomic E-state index is -1.08. The van der Waals surface area contributed by atoms with Gasteiger partial charge in [-0.05, 0) is 60.6 Å². The van der Waals surface area contributed by atoms with Gasteiger partial charge in [0.2, 0.25) is 0 Å². The molecule has 3 rings (SSSR count). The summed E-state index contributed by atoms with van der Waals surface area (Å²) in [6.45, 7) is 1.64. The maximum Gasteiger partial charge on any atom is 0.336 e. The van der Waals surface area contributed by atoms with Gasteiger partial charge in [0.1, 0.15) is 5.15 Å². The van der Waals surface area contributed by atoms with Crippen molar-refractivity contribution < 1.29 is 24.2 Å². The molecule has 1 aromatic carbocycles. The van der Waals surface area contributed by atoms with Crippen LogP contribution in [0.2, 0.25) is 5.15 Å². The fourth-order valence-corrected chi connectivity index (χ4v) is 3.46. The van der Waals surface area contributed by atoms with Crippen LogP contribution in [0.25, 0.3) is 6.08 Å². The molecule has 2 aromatic rings. The van der Waals surface area contributed by atoms with Crippen LogP contribution in [0, 0.1) is 0 Å². The van der Waals surface area contributed by atoms with E-state index in [0.29, 0.717) is 27.1 Å². The number of ether oxygens (including phenoxy) is 2. The maximum atomic E-state index is 12.2. The number of thiocarbonyl (C=S) groups is 1. The van der Waals surface area contributed by atoms with Crippen molar-refractivity contribution in [3.8, 4) is 11.5 Å². The van der Waals surface area contributed by atoms with E-state index in [1.54, 1.807) is 37.3 Å². The Morgan fingerprint density at radius 3 is 2.71 bits per heavy atom. The van der Waals surface area contributed by atoms with Crippen LogP contribution in [0.4, 0.5) is 0 Å². The van der Waals surface area contributed by atoms with Gasteiger partial charge in [-0.3, -0.25) is 0 Å². The van der Waals surface area contributed by atoms with Gasteiger partial charge < -0.3 is 25.2 Å². The average molecular weight is 460 g/mol.